The molecule has 0 atom stereocenters. The highest BCUT2D eigenvalue weighted by Crippen LogP contribution is 2.16. The summed E-state index contributed by atoms with van der Waals surface area (Å²) in [4.78, 5) is 27.6. The Morgan fingerprint density at radius 3 is 2.79 bits per heavy atom. The maximum absolute atomic E-state index is 11.3. The largest absolute Gasteiger partial charge is 0.330 e. The Morgan fingerprint density at radius 2 is 2.21 bits per heavy atom. The number of nitrogens with one attached hydrogen (secondary N) is 1. The highest BCUT2D eigenvalue weighted by molar-refractivity contribution is 9.10. The molecule has 1 fully saturated rings. The summed E-state index contributed by atoms with van der Waals surface area (Å²) in [5.41, 5.74) is 0. The minimum Gasteiger partial charge on any atom is -0.328 e. The third-order valence-electron chi connectivity index (χ3n) is 1.77. The molecular formula is C8H6BrN3O2. The molecule has 1 aromatic rings. The zero-order valence-electron chi connectivity index (χ0n) is 7.03. The van der Waals surface area contributed by atoms with Crippen molar-refractivity contribution in [3.8, 4) is 0 Å². The van der Waals surface area contributed by atoms with Crippen molar-refractivity contribution in [3.05, 3.63) is 22.8 Å². The molecule has 0 radical (unpaired) electrons. The minimum atomic E-state index is -0.430. The fourth-order valence-corrected chi connectivity index (χ4v) is 1.51. The first kappa shape index (κ1) is 9.14. The molecule has 1 aliphatic heterocycles. The highest BCUT2D eigenvalue weighted by Gasteiger charge is 2.30. The van der Waals surface area contributed by atoms with Crippen LogP contribution in [0.1, 0.15) is 0 Å². The number of aromatic nitrogens is 1. The van der Waals surface area contributed by atoms with Gasteiger partial charge in [0.2, 0.25) is 0 Å². The van der Waals surface area contributed by atoms with Crippen molar-refractivity contribution < 1.29 is 9.59 Å². The van der Waals surface area contributed by atoms with E-state index in [1.165, 1.54) is 0 Å². The van der Waals surface area contributed by atoms with Crippen LogP contribution in [0.15, 0.2) is 22.8 Å². The van der Waals surface area contributed by atoms with E-state index >= 15 is 0 Å². The lowest BCUT2D eigenvalue weighted by Crippen LogP contribution is -2.31. The van der Waals surface area contributed by atoms with Crippen LogP contribution in [0.25, 0.3) is 0 Å². The molecular weight excluding hydrogens is 250 g/mol. The molecule has 1 saturated heterocycles. The number of carbonyl (C=O) groups excluding carboxylic acids is 2. The zero-order chi connectivity index (χ0) is 10.1. The number of urea groups is 1. The van der Waals surface area contributed by atoms with Gasteiger partial charge in [-0.15, -0.1) is 0 Å². The van der Waals surface area contributed by atoms with E-state index in [0.717, 1.165) is 4.90 Å². The second kappa shape index (κ2) is 3.38. The van der Waals surface area contributed by atoms with Crippen molar-refractivity contribution in [1.82, 2.24) is 10.3 Å². The van der Waals surface area contributed by atoms with Crippen LogP contribution >= 0.6 is 15.9 Å². The fourth-order valence-electron chi connectivity index (χ4n) is 1.18. The Morgan fingerprint density at radius 1 is 1.43 bits per heavy atom. The molecule has 2 heterocycles. The van der Waals surface area contributed by atoms with Crippen molar-refractivity contribution in [3.63, 3.8) is 0 Å². The lowest BCUT2D eigenvalue weighted by molar-refractivity contribution is -0.115. The number of halogens is 1. The molecule has 6 heteroatoms. The third-order valence-corrected chi connectivity index (χ3v) is 2.21. The number of nitrogens with zero attached hydrogens (tertiary/aromatic N) is 2. The van der Waals surface area contributed by atoms with Gasteiger partial charge < -0.3 is 5.32 Å². The Kier molecular flexibility index (Phi) is 2.20. The lowest BCUT2D eigenvalue weighted by atomic mass is 10.4. The Bertz CT molecular complexity index is 391. The van der Waals surface area contributed by atoms with Crippen LogP contribution in [0, 0.1) is 0 Å². The first-order chi connectivity index (χ1) is 6.68. The Labute approximate surface area is 88.2 Å². The van der Waals surface area contributed by atoms with E-state index in [-0.39, 0.29) is 12.5 Å². The van der Waals surface area contributed by atoms with Gasteiger partial charge in [-0.2, -0.15) is 0 Å². The summed E-state index contributed by atoms with van der Waals surface area (Å²) in [6, 6.07) is 4.61. The summed E-state index contributed by atoms with van der Waals surface area (Å²) in [5.74, 6) is 0.0416. The summed E-state index contributed by atoms with van der Waals surface area (Å²) >= 11 is 3.17. The monoisotopic (exact) mass is 255 g/mol. The van der Waals surface area contributed by atoms with E-state index in [0.29, 0.717) is 10.4 Å². The predicted molar refractivity (Wildman–Crippen MR) is 52.8 cm³/mol. The van der Waals surface area contributed by atoms with Crippen LogP contribution in [0.2, 0.25) is 0 Å². The highest BCUT2D eigenvalue weighted by atomic mass is 79.9. The second-order valence-corrected chi connectivity index (χ2v) is 3.52. The summed E-state index contributed by atoms with van der Waals surface area (Å²) in [6.07, 6.45) is 0. The SMILES string of the molecule is O=C1CNC(=O)N1c1cccc(Br)n1. The van der Waals surface area contributed by atoms with Crippen LogP contribution in [-0.4, -0.2) is 23.5 Å². The number of amides is 3. The number of imide groups is 1. The van der Waals surface area contributed by atoms with Gasteiger partial charge >= 0.3 is 6.03 Å². The van der Waals surface area contributed by atoms with Crippen molar-refractivity contribution >= 4 is 33.7 Å². The second-order valence-electron chi connectivity index (χ2n) is 2.71. The molecule has 5 nitrogen and oxygen atoms in total. The van der Waals surface area contributed by atoms with Gasteiger partial charge in [0, 0.05) is 0 Å². The predicted octanol–water partition coefficient (Wildman–Crippen LogP) is 0.900. The fraction of sp³-hybridized carbons (Fsp3) is 0.125. The molecule has 1 aliphatic rings. The average Bonchev–Trinajstić information content (AvgIpc) is 2.46. The molecule has 0 bridgehead atoms. The van der Waals surface area contributed by atoms with Gasteiger partial charge in [0.15, 0.2) is 0 Å². The molecule has 0 spiro atoms. The van der Waals surface area contributed by atoms with Crippen molar-refractivity contribution in [2.75, 3.05) is 11.4 Å². The average molecular weight is 256 g/mol. The van der Waals surface area contributed by atoms with Crippen LogP contribution < -0.4 is 10.2 Å². The maximum atomic E-state index is 11.3. The molecule has 72 valence electrons. The van der Waals surface area contributed by atoms with E-state index in [1.54, 1.807) is 18.2 Å². The summed E-state index contributed by atoms with van der Waals surface area (Å²) in [5, 5.41) is 2.42. The smallest absolute Gasteiger partial charge is 0.328 e. The lowest BCUT2D eigenvalue weighted by Gasteiger charge is -2.10. The Balaban J connectivity index is 2.39. The maximum Gasteiger partial charge on any atom is 0.330 e. The number of hydrogen-bond acceptors (Lipinski definition) is 3. The molecule has 0 saturated carbocycles. The van der Waals surface area contributed by atoms with Crippen molar-refractivity contribution in [2.24, 2.45) is 0 Å². The number of hydrogen-bond donors (Lipinski definition) is 1. The normalized spacial score (nSPS) is 15.9. The summed E-state index contributed by atoms with van der Waals surface area (Å²) in [6.45, 7) is 0.0347. The topological polar surface area (TPSA) is 62.3 Å². The van der Waals surface area contributed by atoms with E-state index in [2.05, 4.69) is 26.2 Å². The molecule has 14 heavy (non-hydrogen) atoms. The van der Waals surface area contributed by atoms with Gasteiger partial charge in [-0.3, -0.25) is 4.79 Å². The quantitative estimate of drug-likeness (QED) is 0.599. The number of rotatable bonds is 1. The van der Waals surface area contributed by atoms with Crippen LogP contribution in [0.5, 0.6) is 0 Å². The summed E-state index contributed by atoms with van der Waals surface area (Å²) in [7, 11) is 0. The molecule has 0 aliphatic carbocycles. The van der Waals surface area contributed by atoms with Crippen LogP contribution in [0.4, 0.5) is 10.6 Å². The van der Waals surface area contributed by atoms with E-state index < -0.39 is 6.03 Å². The van der Waals surface area contributed by atoms with Gasteiger partial charge in [-0.25, -0.2) is 14.7 Å². The molecule has 0 aromatic carbocycles. The molecule has 0 unspecified atom stereocenters. The molecule has 1 N–H and O–H groups in total. The Hall–Kier alpha value is -1.43. The zero-order valence-corrected chi connectivity index (χ0v) is 8.61. The van der Waals surface area contributed by atoms with Crippen molar-refractivity contribution in [2.45, 2.75) is 0 Å². The third kappa shape index (κ3) is 1.48. The standard InChI is InChI=1S/C8H6BrN3O2/c9-5-2-1-3-6(11-5)12-7(13)4-10-8(12)14/h1-3H,4H2,(H,10,14). The molecule has 3 amide bonds. The number of anilines is 1. The van der Waals surface area contributed by atoms with Gasteiger partial charge in [0.05, 0.1) is 6.54 Å². The number of pyridine rings is 1. The number of carbonyl (C=O) groups is 2. The first-order valence-electron chi connectivity index (χ1n) is 3.92. The first-order valence-corrected chi connectivity index (χ1v) is 4.71. The van der Waals surface area contributed by atoms with Crippen molar-refractivity contribution in [1.29, 1.82) is 0 Å². The van der Waals surface area contributed by atoms with Crippen LogP contribution in [-0.2, 0) is 4.79 Å². The van der Waals surface area contributed by atoms with E-state index in [1.807, 2.05) is 0 Å². The molecule has 2 rings (SSSR count). The van der Waals surface area contributed by atoms with Crippen LogP contribution in [0.3, 0.4) is 0 Å². The summed E-state index contributed by atoms with van der Waals surface area (Å²) < 4.78 is 0.586. The minimum absolute atomic E-state index is 0.0347. The van der Waals surface area contributed by atoms with Gasteiger partial charge in [0.25, 0.3) is 5.91 Å². The van der Waals surface area contributed by atoms with E-state index in [9.17, 15) is 9.59 Å². The molecule has 1 aromatic heterocycles. The van der Waals surface area contributed by atoms with E-state index in [4.69, 9.17) is 0 Å². The van der Waals surface area contributed by atoms with Gasteiger partial charge in [0.1, 0.15) is 10.4 Å². The van der Waals surface area contributed by atoms with Gasteiger partial charge in [-0.05, 0) is 28.1 Å². The van der Waals surface area contributed by atoms with Gasteiger partial charge in [-0.1, -0.05) is 6.07 Å².